The number of anilines is 1. The van der Waals surface area contributed by atoms with E-state index in [2.05, 4.69) is 10.4 Å². The second-order valence-electron chi connectivity index (χ2n) is 3.60. The molecule has 0 fully saturated rings. The van der Waals surface area contributed by atoms with Gasteiger partial charge < -0.3 is 10.4 Å². The third-order valence-electron chi connectivity index (χ3n) is 2.37. The van der Waals surface area contributed by atoms with Crippen LogP contribution in [-0.2, 0) is 13.1 Å². The summed E-state index contributed by atoms with van der Waals surface area (Å²) in [6.45, 7) is 2.73. The summed E-state index contributed by atoms with van der Waals surface area (Å²) >= 11 is 1.05. The van der Waals surface area contributed by atoms with E-state index >= 15 is 0 Å². The predicted octanol–water partition coefficient (Wildman–Crippen LogP) is 2.84. The standard InChI is InChI=1S/C11H12FN3O2S.ClH/c1-2-15-8(11(16)17)5-10(14-15)13-6-7-3-4-9(12)18-7;/h3-5H,2,6H2,1H3,(H,13,14)(H,16,17);1H. The van der Waals surface area contributed by atoms with E-state index in [0.717, 1.165) is 16.2 Å². The van der Waals surface area contributed by atoms with Gasteiger partial charge in [0.25, 0.3) is 0 Å². The summed E-state index contributed by atoms with van der Waals surface area (Å²) < 4.78 is 14.2. The Bertz CT molecular complexity index is 570. The van der Waals surface area contributed by atoms with Gasteiger partial charge in [0.15, 0.2) is 5.13 Å². The van der Waals surface area contributed by atoms with Gasteiger partial charge in [0.05, 0.1) is 6.54 Å². The maximum atomic E-state index is 12.8. The van der Waals surface area contributed by atoms with Gasteiger partial charge >= 0.3 is 5.97 Å². The van der Waals surface area contributed by atoms with E-state index in [0.29, 0.717) is 18.9 Å². The molecule has 0 bridgehead atoms. The lowest BCUT2D eigenvalue weighted by Gasteiger charge is -1.99. The molecule has 5 nitrogen and oxygen atoms in total. The smallest absolute Gasteiger partial charge is 0.354 e. The van der Waals surface area contributed by atoms with Crippen molar-refractivity contribution in [3.63, 3.8) is 0 Å². The summed E-state index contributed by atoms with van der Waals surface area (Å²) in [6.07, 6.45) is 0. The summed E-state index contributed by atoms with van der Waals surface area (Å²) in [6, 6.07) is 4.55. The number of carboxylic acid groups (broad SMARTS) is 1. The van der Waals surface area contributed by atoms with Gasteiger partial charge in [-0.2, -0.15) is 9.49 Å². The van der Waals surface area contributed by atoms with Gasteiger partial charge in [-0.1, -0.05) is 0 Å². The fourth-order valence-corrected chi connectivity index (χ4v) is 2.21. The van der Waals surface area contributed by atoms with Crippen LogP contribution in [0.2, 0.25) is 0 Å². The average Bonchev–Trinajstić information content (AvgIpc) is 2.92. The van der Waals surface area contributed by atoms with Crippen LogP contribution in [0.4, 0.5) is 10.2 Å². The Kier molecular flexibility index (Phi) is 5.31. The second-order valence-corrected chi connectivity index (χ2v) is 4.71. The molecule has 19 heavy (non-hydrogen) atoms. The lowest BCUT2D eigenvalue weighted by Crippen LogP contribution is -2.08. The molecule has 0 atom stereocenters. The van der Waals surface area contributed by atoms with Crippen molar-refractivity contribution in [1.29, 1.82) is 0 Å². The zero-order chi connectivity index (χ0) is 13.1. The van der Waals surface area contributed by atoms with E-state index in [1.807, 2.05) is 6.92 Å². The molecule has 8 heteroatoms. The highest BCUT2D eigenvalue weighted by Crippen LogP contribution is 2.16. The molecule has 2 aromatic rings. The average molecular weight is 306 g/mol. The SMILES string of the molecule is CCn1nc(NCc2ccc(F)s2)cc1C(=O)O.Cl. The van der Waals surface area contributed by atoms with Crippen molar-refractivity contribution >= 4 is 35.5 Å². The van der Waals surface area contributed by atoms with Crippen molar-refractivity contribution in [2.45, 2.75) is 20.0 Å². The zero-order valence-electron chi connectivity index (χ0n) is 10.1. The highest BCUT2D eigenvalue weighted by molar-refractivity contribution is 7.10. The summed E-state index contributed by atoms with van der Waals surface area (Å²) in [5.74, 6) is -0.539. The number of hydrogen-bond acceptors (Lipinski definition) is 4. The molecular weight excluding hydrogens is 293 g/mol. The van der Waals surface area contributed by atoms with Crippen LogP contribution in [0, 0.1) is 5.13 Å². The highest BCUT2D eigenvalue weighted by Gasteiger charge is 2.12. The van der Waals surface area contributed by atoms with Crippen LogP contribution < -0.4 is 5.32 Å². The number of halogens is 2. The molecule has 0 amide bonds. The highest BCUT2D eigenvalue weighted by atomic mass is 35.5. The number of aromatic nitrogens is 2. The van der Waals surface area contributed by atoms with E-state index in [4.69, 9.17) is 5.11 Å². The summed E-state index contributed by atoms with van der Waals surface area (Å²) in [4.78, 5) is 11.8. The van der Waals surface area contributed by atoms with E-state index in [9.17, 15) is 9.18 Å². The van der Waals surface area contributed by atoms with Crippen molar-refractivity contribution in [2.24, 2.45) is 0 Å². The lowest BCUT2D eigenvalue weighted by molar-refractivity contribution is 0.0683. The van der Waals surface area contributed by atoms with E-state index in [1.54, 1.807) is 6.07 Å². The number of carboxylic acids is 1. The molecule has 2 rings (SSSR count). The minimum absolute atomic E-state index is 0. The molecule has 0 radical (unpaired) electrons. The first-order chi connectivity index (χ1) is 8.60. The number of nitrogens with zero attached hydrogens (tertiary/aromatic N) is 2. The number of nitrogens with one attached hydrogen (secondary N) is 1. The summed E-state index contributed by atoms with van der Waals surface area (Å²) in [5, 5.41) is 15.8. The summed E-state index contributed by atoms with van der Waals surface area (Å²) in [5.41, 5.74) is 0.136. The number of carbonyl (C=O) groups is 1. The zero-order valence-corrected chi connectivity index (χ0v) is 11.7. The Labute approximate surface area is 119 Å². The molecule has 0 unspecified atom stereocenters. The first-order valence-corrected chi connectivity index (χ1v) is 6.21. The molecule has 0 aliphatic rings. The molecule has 0 spiro atoms. The number of aromatic carboxylic acids is 1. The quantitative estimate of drug-likeness (QED) is 0.891. The first-order valence-electron chi connectivity index (χ1n) is 5.39. The van der Waals surface area contributed by atoms with Gasteiger partial charge in [0.2, 0.25) is 0 Å². The number of thiophene rings is 1. The van der Waals surface area contributed by atoms with Crippen LogP contribution in [0.1, 0.15) is 22.3 Å². The van der Waals surface area contributed by atoms with Crippen LogP contribution in [-0.4, -0.2) is 20.9 Å². The molecule has 0 saturated heterocycles. The first kappa shape index (κ1) is 15.5. The van der Waals surface area contributed by atoms with E-state index in [-0.39, 0.29) is 23.2 Å². The van der Waals surface area contributed by atoms with Gasteiger partial charge in [-0.3, -0.25) is 4.68 Å². The fraction of sp³-hybridized carbons (Fsp3) is 0.273. The minimum atomic E-state index is -1.01. The molecule has 104 valence electrons. The number of rotatable bonds is 5. The van der Waals surface area contributed by atoms with E-state index < -0.39 is 5.97 Å². The molecule has 2 aromatic heterocycles. The maximum Gasteiger partial charge on any atom is 0.354 e. The monoisotopic (exact) mass is 305 g/mol. The van der Waals surface area contributed by atoms with Crippen LogP contribution in [0.15, 0.2) is 18.2 Å². The van der Waals surface area contributed by atoms with Crippen LogP contribution in [0.3, 0.4) is 0 Å². The topological polar surface area (TPSA) is 67.2 Å². The maximum absolute atomic E-state index is 12.8. The van der Waals surface area contributed by atoms with Crippen molar-refractivity contribution < 1.29 is 14.3 Å². The van der Waals surface area contributed by atoms with Crippen LogP contribution in [0.5, 0.6) is 0 Å². The molecule has 0 aromatic carbocycles. The lowest BCUT2D eigenvalue weighted by atomic mass is 10.4. The predicted molar refractivity (Wildman–Crippen MR) is 73.7 cm³/mol. The van der Waals surface area contributed by atoms with Gasteiger partial charge in [0, 0.05) is 17.5 Å². The third-order valence-corrected chi connectivity index (χ3v) is 3.24. The normalized spacial score (nSPS) is 10.0. The second kappa shape index (κ2) is 6.53. The Morgan fingerprint density at radius 2 is 2.32 bits per heavy atom. The molecule has 2 N–H and O–H groups in total. The van der Waals surface area contributed by atoms with Crippen molar-refractivity contribution in [3.8, 4) is 0 Å². The number of aryl methyl sites for hydroxylation is 1. The van der Waals surface area contributed by atoms with Crippen molar-refractivity contribution in [2.75, 3.05) is 5.32 Å². The number of hydrogen-bond donors (Lipinski definition) is 2. The third kappa shape index (κ3) is 3.68. The molecule has 0 aliphatic carbocycles. The largest absolute Gasteiger partial charge is 0.477 e. The van der Waals surface area contributed by atoms with Gasteiger partial charge in [-0.05, 0) is 19.1 Å². The van der Waals surface area contributed by atoms with Gasteiger partial charge in [-0.15, -0.1) is 23.7 Å². The Morgan fingerprint density at radius 3 is 2.79 bits per heavy atom. The summed E-state index contributed by atoms with van der Waals surface area (Å²) in [7, 11) is 0. The van der Waals surface area contributed by atoms with E-state index in [1.165, 1.54) is 16.8 Å². The molecular formula is C11H13ClFN3O2S. The van der Waals surface area contributed by atoms with Crippen molar-refractivity contribution in [1.82, 2.24) is 9.78 Å². The Hall–Kier alpha value is -1.60. The molecule has 2 heterocycles. The minimum Gasteiger partial charge on any atom is -0.477 e. The van der Waals surface area contributed by atoms with Crippen LogP contribution in [0.25, 0.3) is 0 Å². The van der Waals surface area contributed by atoms with Crippen molar-refractivity contribution in [3.05, 3.63) is 33.9 Å². The molecule has 0 aliphatic heterocycles. The van der Waals surface area contributed by atoms with Gasteiger partial charge in [-0.25, -0.2) is 4.79 Å². The van der Waals surface area contributed by atoms with Crippen LogP contribution >= 0.6 is 23.7 Å². The molecule has 0 saturated carbocycles. The fourth-order valence-electron chi connectivity index (χ4n) is 1.54. The Morgan fingerprint density at radius 1 is 1.58 bits per heavy atom. The van der Waals surface area contributed by atoms with Gasteiger partial charge in [0.1, 0.15) is 11.5 Å². The Balaban J connectivity index is 0.00000180.